The second-order valence-corrected chi connectivity index (χ2v) is 1.74. The van der Waals surface area contributed by atoms with Crippen LogP contribution in [-0.4, -0.2) is 18.5 Å². The largest absolute Gasteiger partial charge is 0.524 e. The predicted octanol–water partition coefficient (Wildman–Crippen LogP) is 1.99. The van der Waals surface area contributed by atoms with Gasteiger partial charge >= 0.3 is 6.36 Å². The van der Waals surface area contributed by atoms with Crippen LogP contribution >= 0.6 is 11.6 Å². The molecule has 0 radical (unpaired) electrons. The van der Waals surface area contributed by atoms with Crippen molar-refractivity contribution in [2.45, 2.75) is 11.9 Å². The van der Waals surface area contributed by atoms with E-state index in [1.165, 1.54) is 0 Å². The van der Waals surface area contributed by atoms with E-state index in [0.29, 0.717) is 0 Å². The minimum absolute atomic E-state index is 0.957. The van der Waals surface area contributed by atoms with Gasteiger partial charge in [0.2, 0.25) is 0 Å². The van der Waals surface area contributed by atoms with Crippen LogP contribution in [0.5, 0.6) is 0 Å². The highest BCUT2D eigenvalue weighted by Crippen LogP contribution is 2.20. The van der Waals surface area contributed by atoms with E-state index in [-0.39, 0.29) is 0 Å². The van der Waals surface area contributed by atoms with Crippen molar-refractivity contribution in [2.24, 2.45) is 0 Å². The molecule has 1 unspecified atom stereocenters. The molecule has 0 bridgehead atoms. The van der Waals surface area contributed by atoms with Crippen molar-refractivity contribution in [2.75, 3.05) is 6.61 Å². The first-order valence-electron chi connectivity index (χ1n) is 2.08. The summed E-state index contributed by atoms with van der Waals surface area (Å²) in [6, 6.07) is 0. The predicted molar refractivity (Wildman–Crippen MR) is 23.8 cm³/mol. The fourth-order valence-electron chi connectivity index (χ4n) is 0.229. The zero-order valence-corrected chi connectivity index (χ0v) is 5.25. The minimum Gasteiger partial charge on any atom is -0.270 e. The van der Waals surface area contributed by atoms with Crippen molar-refractivity contribution < 1.29 is 27.4 Å². The first-order valence-corrected chi connectivity index (χ1v) is 2.51. The molecule has 0 rings (SSSR count). The van der Waals surface area contributed by atoms with Crippen LogP contribution in [0.2, 0.25) is 0 Å². The van der Waals surface area contributed by atoms with E-state index in [9.17, 15) is 17.7 Å². The van der Waals surface area contributed by atoms with Crippen molar-refractivity contribution in [3.63, 3.8) is 0 Å². The number of hydrogen-bond donors (Lipinski definition) is 0. The summed E-state index contributed by atoms with van der Waals surface area (Å²) in [6.07, 6.45) is -4.86. The van der Waals surface area contributed by atoms with Gasteiger partial charge in [-0.05, 0) is 4.53 Å². The fourth-order valence-corrected chi connectivity index (χ4v) is 0.377. The monoisotopic (exact) mass is 182 g/mol. The van der Waals surface area contributed by atoms with Gasteiger partial charge in [0, 0.05) is 0 Å². The SMILES string of the molecule is FOCC(Cl)OC(F)(F)F. The van der Waals surface area contributed by atoms with Crippen LogP contribution in [0.15, 0.2) is 0 Å². The third-order valence-corrected chi connectivity index (χ3v) is 0.671. The molecule has 7 heteroatoms. The molecule has 0 aromatic rings. The summed E-state index contributed by atoms with van der Waals surface area (Å²) in [7, 11) is 0. The van der Waals surface area contributed by atoms with Gasteiger partial charge in [-0.1, -0.05) is 11.6 Å². The van der Waals surface area contributed by atoms with Crippen molar-refractivity contribution in [3.8, 4) is 0 Å². The van der Waals surface area contributed by atoms with Gasteiger partial charge in [-0.25, -0.2) is 0 Å². The third kappa shape index (κ3) is 6.06. The van der Waals surface area contributed by atoms with E-state index in [1.807, 2.05) is 0 Å². The highest BCUT2D eigenvalue weighted by Gasteiger charge is 2.32. The first kappa shape index (κ1) is 9.93. The van der Waals surface area contributed by atoms with Crippen LogP contribution in [0.4, 0.5) is 17.7 Å². The molecule has 0 aromatic carbocycles. The maximum absolute atomic E-state index is 11.1. The highest BCUT2D eigenvalue weighted by atomic mass is 35.5. The average Bonchev–Trinajstić information content (AvgIpc) is 1.59. The van der Waals surface area contributed by atoms with Crippen LogP contribution in [-0.2, 0) is 9.68 Å². The molecule has 0 saturated carbocycles. The molecule has 0 aliphatic rings. The first-order chi connectivity index (χ1) is 4.45. The molecule has 10 heavy (non-hydrogen) atoms. The summed E-state index contributed by atoms with van der Waals surface area (Å²) < 4.78 is 47.3. The van der Waals surface area contributed by atoms with Gasteiger partial charge in [-0.15, -0.1) is 13.2 Å². The van der Waals surface area contributed by atoms with E-state index in [4.69, 9.17) is 11.6 Å². The van der Waals surface area contributed by atoms with Crippen LogP contribution in [0.25, 0.3) is 0 Å². The van der Waals surface area contributed by atoms with Gasteiger partial charge in [0.15, 0.2) is 5.56 Å². The second kappa shape index (κ2) is 3.95. The maximum Gasteiger partial charge on any atom is 0.524 e. The van der Waals surface area contributed by atoms with Crippen LogP contribution < -0.4 is 0 Å². The molecule has 0 aliphatic carbocycles. The van der Waals surface area contributed by atoms with E-state index >= 15 is 0 Å². The molecule has 62 valence electrons. The lowest BCUT2D eigenvalue weighted by Gasteiger charge is -2.09. The fraction of sp³-hybridized carbons (Fsp3) is 1.00. The Morgan fingerprint density at radius 2 is 1.90 bits per heavy atom. The summed E-state index contributed by atoms with van der Waals surface area (Å²) in [5.41, 5.74) is -1.84. The zero-order chi connectivity index (χ0) is 8.20. The third-order valence-electron chi connectivity index (χ3n) is 0.456. The smallest absolute Gasteiger partial charge is 0.270 e. The average molecular weight is 182 g/mol. The molecule has 0 aromatic heterocycles. The minimum atomic E-state index is -4.86. The molecule has 0 amide bonds. The summed E-state index contributed by atoms with van der Waals surface area (Å²) in [5, 5.41) is 0. The Morgan fingerprint density at radius 3 is 2.20 bits per heavy atom. The molecule has 0 saturated heterocycles. The Bertz CT molecular complexity index is 95.0. The highest BCUT2D eigenvalue weighted by molar-refractivity contribution is 6.19. The number of halogens is 5. The van der Waals surface area contributed by atoms with Crippen LogP contribution in [0.3, 0.4) is 0 Å². The zero-order valence-electron chi connectivity index (χ0n) is 4.49. The second-order valence-electron chi connectivity index (χ2n) is 1.25. The van der Waals surface area contributed by atoms with Crippen molar-refractivity contribution in [3.05, 3.63) is 0 Å². The van der Waals surface area contributed by atoms with Gasteiger partial charge in [-0.3, -0.25) is 4.74 Å². The van der Waals surface area contributed by atoms with Crippen LogP contribution in [0, 0.1) is 0 Å². The standard InChI is InChI=1S/C3H3ClF4O2/c4-2(1-9-8)10-3(5,6)7/h2H,1H2. The molecule has 0 fully saturated rings. The Labute approximate surface area is 58.6 Å². The summed E-state index contributed by atoms with van der Waals surface area (Å²) in [4.78, 5) is 2.79. The molecular weight excluding hydrogens is 179 g/mol. The Kier molecular flexibility index (Phi) is 3.92. The maximum atomic E-state index is 11.1. The molecule has 0 spiro atoms. The Hall–Kier alpha value is -0.0700. The summed E-state index contributed by atoms with van der Waals surface area (Å²) in [6.45, 7) is -0.957. The number of rotatable bonds is 3. The van der Waals surface area contributed by atoms with Gasteiger partial charge in [0.05, 0.1) is 0 Å². The van der Waals surface area contributed by atoms with E-state index in [0.717, 1.165) is 0 Å². The van der Waals surface area contributed by atoms with Gasteiger partial charge < -0.3 is 0 Å². The van der Waals surface area contributed by atoms with Crippen molar-refractivity contribution in [1.29, 1.82) is 0 Å². The summed E-state index contributed by atoms with van der Waals surface area (Å²) in [5.74, 6) is 0. The topological polar surface area (TPSA) is 18.5 Å². The number of hydrogen-bond acceptors (Lipinski definition) is 2. The van der Waals surface area contributed by atoms with E-state index < -0.39 is 18.5 Å². The summed E-state index contributed by atoms with van der Waals surface area (Å²) >= 11 is 4.76. The normalized spacial score (nSPS) is 15.3. The Morgan fingerprint density at radius 1 is 1.40 bits per heavy atom. The lowest BCUT2D eigenvalue weighted by molar-refractivity contribution is -0.339. The van der Waals surface area contributed by atoms with Crippen molar-refractivity contribution >= 4 is 11.6 Å². The van der Waals surface area contributed by atoms with Gasteiger partial charge in [0.25, 0.3) is 0 Å². The van der Waals surface area contributed by atoms with Gasteiger partial charge in [-0.2, -0.15) is 4.94 Å². The van der Waals surface area contributed by atoms with Crippen LogP contribution in [0.1, 0.15) is 0 Å². The van der Waals surface area contributed by atoms with E-state index in [1.54, 1.807) is 0 Å². The lowest BCUT2D eigenvalue weighted by Crippen LogP contribution is -2.22. The quantitative estimate of drug-likeness (QED) is 0.491. The number of ether oxygens (including phenoxy) is 1. The lowest BCUT2D eigenvalue weighted by atomic mass is 10.8. The molecule has 0 heterocycles. The van der Waals surface area contributed by atoms with E-state index in [2.05, 4.69) is 9.68 Å². The van der Waals surface area contributed by atoms with Crippen molar-refractivity contribution in [1.82, 2.24) is 0 Å². The molecule has 0 aliphatic heterocycles. The molecular formula is C3H3ClF4O2. The number of alkyl halides is 4. The molecule has 0 N–H and O–H groups in total. The van der Waals surface area contributed by atoms with Gasteiger partial charge in [0.1, 0.15) is 6.61 Å². The molecule has 1 atom stereocenters. The molecule has 2 nitrogen and oxygen atoms in total. The Balaban J connectivity index is 3.47.